The lowest BCUT2D eigenvalue weighted by molar-refractivity contribution is -0.207. The van der Waals surface area contributed by atoms with Crippen LogP contribution in [0.5, 0.6) is 0 Å². The second-order valence-electron chi connectivity index (χ2n) is 7.47. The van der Waals surface area contributed by atoms with Crippen LogP contribution in [0.1, 0.15) is 39.5 Å². The Labute approximate surface area is 130 Å². The fourth-order valence-corrected chi connectivity index (χ4v) is 5.58. The van der Waals surface area contributed by atoms with Crippen molar-refractivity contribution < 1.29 is 23.8 Å². The lowest BCUT2D eigenvalue weighted by Gasteiger charge is -2.49. The van der Waals surface area contributed by atoms with Crippen molar-refractivity contribution in [2.45, 2.75) is 51.4 Å². The van der Waals surface area contributed by atoms with Crippen LogP contribution in [-0.4, -0.2) is 36.9 Å². The molecule has 6 atom stereocenters. The summed E-state index contributed by atoms with van der Waals surface area (Å²) in [6.07, 6.45) is 3.29. The van der Waals surface area contributed by atoms with Gasteiger partial charge in [0.15, 0.2) is 5.79 Å². The van der Waals surface area contributed by atoms with Crippen molar-refractivity contribution in [3.8, 4) is 0 Å². The molecule has 4 aliphatic rings. The van der Waals surface area contributed by atoms with Gasteiger partial charge in [-0.3, -0.25) is 9.59 Å². The Morgan fingerprint density at radius 1 is 1.27 bits per heavy atom. The Balaban J connectivity index is 1.63. The molecular weight excluding hydrogens is 284 g/mol. The normalized spacial score (nSPS) is 46.2. The van der Waals surface area contributed by atoms with E-state index in [9.17, 15) is 9.59 Å². The summed E-state index contributed by atoms with van der Waals surface area (Å²) < 4.78 is 17.2. The molecule has 22 heavy (non-hydrogen) atoms. The van der Waals surface area contributed by atoms with Gasteiger partial charge in [-0.25, -0.2) is 0 Å². The minimum Gasteiger partial charge on any atom is -0.462 e. The fourth-order valence-electron chi connectivity index (χ4n) is 5.58. The molecule has 2 saturated carbocycles. The summed E-state index contributed by atoms with van der Waals surface area (Å²) in [4.78, 5) is 24.5. The van der Waals surface area contributed by atoms with Gasteiger partial charge in [-0.15, -0.1) is 0 Å². The van der Waals surface area contributed by atoms with Gasteiger partial charge in [0, 0.05) is 24.7 Å². The standard InChI is InChI=1S/C17H24O5/c1-9(18)14-12-3-4-17(20-5-6-21-17)8-11(12)7-13-15(14)10(2)22-16(13)19/h10-15H,3-8H2,1-2H3/t10-,11-,12-,13-,14?,15-/m1/s1. The SMILES string of the molecule is CC(=O)C1[C@@H]2[C@@H](C)OC(=O)[C@@H]2C[C@@H]2CC3(CC[C@@H]12)OCCO3. The van der Waals surface area contributed by atoms with Crippen molar-refractivity contribution in [2.24, 2.45) is 29.6 Å². The minimum absolute atomic E-state index is 0.0519. The van der Waals surface area contributed by atoms with E-state index in [1.807, 2.05) is 6.92 Å². The maximum absolute atomic E-state index is 12.3. The van der Waals surface area contributed by atoms with E-state index in [1.165, 1.54) is 0 Å². The molecule has 1 unspecified atom stereocenters. The summed E-state index contributed by atoms with van der Waals surface area (Å²) in [6.45, 7) is 4.91. The first-order chi connectivity index (χ1) is 10.5. The van der Waals surface area contributed by atoms with Crippen molar-refractivity contribution >= 4 is 11.8 Å². The summed E-state index contributed by atoms with van der Waals surface area (Å²) in [5, 5.41) is 0. The number of Topliss-reactive ketones (excluding diaryl/α,β-unsaturated/α-hetero) is 1. The molecule has 2 aliphatic carbocycles. The van der Waals surface area contributed by atoms with E-state index in [1.54, 1.807) is 6.92 Å². The average Bonchev–Trinajstić information content (AvgIpc) is 3.02. The molecule has 4 fully saturated rings. The molecule has 5 nitrogen and oxygen atoms in total. The monoisotopic (exact) mass is 308 g/mol. The third-order valence-electron chi connectivity index (χ3n) is 6.36. The molecule has 2 heterocycles. The van der Waals surface area contributed by atoms with Crippen LogP contribution in [0.3, 0.4) is 0 Å². The topological polar surface area (TPSA) is 61.8 Å². The first-order valence-corrected chi connectivity index (χ1v) is 8.50. The number of hydrogen-bond acceptors (Lipinski definition) is 5. The molecule has 0 aromatic carbocycles. The number of esters is 1. The quantitative estimate of drug-likeness (QED) is 0.693. The van der Waals surface area contributed by atoms with Gasteiger partial charge in [0.1, 0.15) is 11.9 Å². The van der Waals surface area contributed by atoms with Crippen LogP contribution in [0, 0.1) is 29.6 Å². The van der Waals surface area contributed by atoms with Gasteiger partial charge in [0.05, 0.1) is 19.1 Å². The van der Waals surface area contributed by atoms with E-state index < -0.39 is 5.79 Å². The summed E-state index contributed by atoms with van der Waals surface area (Å²) in [5.41, 5.74) is 0. The van der Waals surface area contributed by atoms with Crippen molar-refractivity contribution in [1.82, 2.24) is 0 Å². The zero-order valence-electron chi connectivity index (χ0n) is 13.2. The number of cyclic esters (lactones) is 1. The van der Waals surface area contributed by atoms with E-state index in [-0.39, 0.29) is 35.6 Å². The maximum Gasteiger partial charge on any atom is 0.309 e. The Kier molecular flexibility index (Phi) is 3.35. The second kappa shape index (κ2) is 5.03. The third kappa shape index (κ3) is 2.05. The van der Waals surface area contributed by atoms with Crippen LogP contribution >= 0.6 is 0 Å². The summed E-state index contributed by atoms with van der Waals surface area (Å²) in [6, 6.07) is 0. The first kappa shape index (κ1) is 14.6. The highest BCUT2D eigenvalue weighted by atomic mass is 16.7. The smallest absolute Gasteiger partial charge is 0.309 e. The molecule has 0 aromatic rings. The molecule has 0 amide bonds. The Bertz CT molecular complexity index is 495. The molecule has 1 spiro atoms. The number of fused-ring (bicyclic) bond motifs is 2. The lowest BCUT2D eigenvalue weighted by atomic mass is 9.56. The molecule has 122 valence electrons. The van der Waals surface area contributed by atoms with E-state index >= 15 is 0 Å². The third-order valence-corrected chi connectivity index (χ3v) is 6.36. The van der Waals surface area contributed by atoms with Crippen LogP contribution in [0.4, 0.5) is 0 Å². The van der Waals surface area contributed by atoms with Crippen molar-refractivity contribution in [2.75, 3.05) is 13.2 Å². The fraction of sp³-hybridized carbons (Fsp3) is 0.882. The van der Waals surface area contributed by atoms with Gasteiger partial charge in [-0.05, 0) is 38.5 Å². The molecule has 2 aliphatic heterocycles. The van der Waals surface area contributed by atoms with Crippen molar-refractivity contribution in [3.63, 3.8) is 0 Å². The minimum atomic E-state index is -0.455. The highest BCUT2D eigenvalue weighted by Crippen LogP contribution is 2.55. The van der Waals surface area contributed by atoms with Crippen LogP contribution < -0.4 is 0 Å². The second-order valence-corrected chi connectivity index (χ2v) is 7.47. The predicted molar refractivity (Wildman–Crippen MR) is 76.8 cm³/mol. The first-order valence-electron chi connectivity index (χ1n) is 8.50. The maximum atomic E-state index is 12.3. The molecule has 0 N–H and O–H groups in total. The summed E-state index contributed by atoms with van der Waals surface area (Å²) >= 11 is 0. The molecule has 0 radical (unpaired) electrons. The predicted octanol–water partition coefficient (Wildman–Crippen LogP) is 1.93. The largest absolute Gasteiger partial charge is 0.462 e. The highest BCUT2D eigenvalue weighted by Gasteiger charge is 2.59. The molecular formula is C17H24O5. The zero-order valence-corrected chi connectivity index (χ0v) is 13.2. The summed E-state index contributed by atoms with van der Waals surface area (Å²) in [5.74, 6) is 0.184. The van der Waals surface area contributed by atoms with E-state index in [0.29, 0.717) is 25.0 Å². The number of ether oxygens (including phenoxy) is 3. The van der Waals surface area contributed by atoms with Crippen molar-refractivity contribution in [1.29, 1.82) is 0 Å². The Morgan fingerprint density at radius 3 is 2.68 bits per heavy atom. The average molecular weight is 308 g/mol. The number of rotatable bonds is 1. The number of ketones is 1. The van der Waals surface area contributed by atoms with E-state index in [4.69, 9.17) is 14.2 Å². The number of carbonyl (C=O) groups is 2. The molecule has 2 saturated heterocycles. The summed E-state index contributed by atoms with van der Waals surface area (Å²) in [7, 11) is 0. The van der Waals surface area contributed by atoms with E-state index in [0.717, 1.165) is 25.7 Å². The van der Waals surface area contributed by atoms with Crippen LogP contribution in [0.15, 0.2) is 0 Å². The van der Waals surface area contributed by atoms with Gasteiger partial charge in [0.2, 0.25) is 0 Å². The van der Waals surface area contributed by atoms with Gasteiger partial charge in [-0.1, -0.05) is 0 Å². The Hall–Kier alpha value is -0.940. The van der Waals surface area contributed by atoms with Gasteiger partial charge < -0.3 is 14.2 Å². The zero-order chi connectivity index (χ0) is 15.5. The number of carbonyl (C=O) groups excluding carboxylic acids is 2. The van der Waals surface area contributed by atoms with Gasteiger partial charge >= 0.3 is 5.97 Å². The molecule has 0 aromatic heterocycles. The lowest BCUT2D eigenvalue weighted by Crippen LogP contribution is -2.51. The number of hydrogen-bond donors (Lipinski definition) is 0. The van der Waals surface area contributed by atoms with Gasteiger partial charge in [-0.2, -0.15) is 0 Å². The molecule has 5 heteroatoms. The molecule has 4 rings (SSSR count). The van der Waals surface area contributed by atoms with Crippen LogP contribution in [0.25, 0.3) is 0 Å². The Morgan fingerprint density at radius 2 is 2.00 bits per heavy atom. The molecule has 0 bridgehead atoms. The highest BCUT2D eigenvalue weighted by molar-refractivity contribution is 5.82. The van der Waals surface area contributed by atoms with Gasteiger partial charge in [0.25, 0.3) is 0 Å². The van der Waals surface area contributed by atoms with Crippen LogP contribution in [-0.2, 0) is 23.8 Å². The van der Waals surface area contributed by atoms with Crippen molar-refractivity contribution in [3.05, 3.63) is 0 Å². The van der Waals surface area contributed by atoms with Crippen LogP contribution in [0.2, 0.25) is 0 Å². The van der Waals surface area contributed by atoms with E-state index in [2.05, 4.69) is 0 Å².